The molecular formula is CH10N4O3. The van der Waals surface area contributed by atoms with Crippen LogP contribution in [0.5, 0.6) is 0 Å². The Bertz CT molecular complexity index is 49.2. The molecule has 8 heavy (non-hydrogen) atoms. The van der Waals surface area contributed by atoms with E-state index in [0.29, 0.717) is 0 Å². The molecule has 1 heterocycles. The van der Waals surface area contributed by atoms with Crippen molar-refractivity contribution >= 4 is 6.40 Å². The minimum absolute atomic E-state index is 0. The number of rotatable bonds is 0. The van der Waals surface area contributed by atoms with E-state index >= 15 is 0 Å². The Labute approximate surface area is 46.2 Å². The Kier molecular flexibility index (Phi) is 18.6. The lowest BCUT2D eigenvalue weighted by Crippen LogP contribution is -1.72. The maximum Gasteiger partial charge on any atom is 0.264 e. The van der Waals surface area contributed by atoms with Crippen LogP contribution in [0.15, 0.2) is 5.16 Å². The topological polar surface area (TPSA) is 145 Å². The van der Waals surface area contributed by atoms with Gasteiger partial charge in [0.2, 0.25) is 0 Å². The Morgan fingerprint density at radius 3 is 1.88 bits per heavy atom. The van der Waals surface area contributed by atoms with Gasteiger partial charge in [-0.2, -0.15) is 4.99 Å². The molecule has 0 aromatic rings. The fraction of sp³-hybridized carbons (Fsp3) is 0. The van der Waals surface area contributed by atoms with Crippen molar-refractivity contribution in [1.29, 1.82) is 0 Å². The van der Waals surface area contributed by atoms with Gasteiger partial charge in [0.25, 0.3) is 6.40 Å². The summed E-state index contributed by atoms with van der Waals surface area (Å²) in [5, 5.41) is 6.74. The van der Waals surface area contributed by atoms with Gasteiger partial charge in [-0.1, -0.05) is 0 Å². The van der Waals surface area contributed by atoms with Crippen molar-refractivity contribution in [3.05, 3.63) is 0 Å². The molecule has 1 aliphatic rings. The molecule has 0 saturated carbocycles. The lowest BCUT2D eigenvalue weighted by molar-refractivity contribution is -0.450. The zero-order chi connectivity index (χ0) is 3.54. The monoisotopic (exact) mass is 126 g/mol. The molecule has 0 fully saturated rings. The van der Waals surface area contributed by atoms with Crippen LogP contribution in [-0.2, 0) is 14.9 Å². The average molecular weight is 126 g/mol. The van der Waals surface area contributed by atoms with Crippen molar-refractivity contribution in [3.8, 4) is 0 Å². The summed E-state index contributed by atoms with van der Waals surface area (Å²) in [6.07, 6.45) is 1.04. The van der Waals surface area contributed by atoms with Gasteiger partial charge >= 0.3 is 0 Å². The van der Waals surface area contributed by atoms with Crippen LogP contribution in [0.3, 0.4) is 0 Å². The highest BCUT2D eigenvalue weighted by atomic mass is 17.6. The molecule has 9 N–H and O–H groups in total. The molecule has 0 atom stereocenters. The summed E-state index contributed by atoms with van der Waals surface area (Å²) in [7, 11) is 0. The molecule has 52 valence electrons. The second kappa shape index (κ2) is 9.44. The first-order chi connectivity index (χ1) is 2.50. The fourth-order valence-corrected chi connectivity index (χ4v) is 0.0878. The van der Waals surface area contributed by atoms with Crippen LogP contribution in [0.4, 0.5) is 0 Å². The summed E-state index contributed by atoms with van der Waals surface area (Å²) in [4.78, 5) is 7.72. The van der Waals surface area contributed by atoms with E-state index in [1.165, 1.54) is 0 Å². The van der Waals surface area contributed by atoms with E-state index in [9.17, 15) is 0 Å². The fourth-order valence-electron chi connectivity index (χ4n) is 0.0878. The molecule has 0 bridgehead atoms. The molecule has 7 heteroatoms. The highest BCUT2D eigenvalue weighted by Crippen LogP contribution is 1.84. The van der Waals surface area contributed by atoms with Gasteiger partial charge in [-0.05, 0) is 5.16 Å². The highest BCUT2D eigenvalue weighted by molar-refractivity contribution is 5.44. The number of nitrogens with zero attached hydrogens (tertiary/aromatic N) is 1. The summed E-state index contributed by atoms with van der Waals surface area (Å²) >= 11 is 0. The van der Waals surface area contributed by atoms with E-state index in [1.807, 2.05) is 0 Å². The lowest BCUT2D eigenvalue weighted by atomic mass is 11.6. The maximum absolute atomic E-state index is 3.93. The third-order valence-electron chi connectivity index (χ3n) is 0.199. The smallest absolute Gasteiger partial charge is 0.264 e. The Balaban J connectivity index is -0.0000000833. The molecule has 0 amide bonds. The van der Waals surface area contributed by atoms with Gasteiger partial charge in [0.1, 0.15) is 0 Å². The van der Waals surface area contributed by atoms with Crippen LogP contribution >= 0.6 is 0 Å². The van der Waals surface area contributed by atoms with Gasteiger partial charge in [0.15, 0.2) is 0 Å². The van der Waals surface area contributed by atoms with Crippen LogP contribution in [0, 0.1) is 0 Å². The predicted octanol–water partition coefficient (Wildman–Crippen LogP) is 0.309. The lowest BCUT2D eigenvalue weighted by Gasteiger charge is -1.73. The Morgan fingerprint density at radius 1 is 1.12 bits per heavy atom. The first kappa shape index (κ1) is 15.7. The van der Waals surface area contributed by atoms with Crippen molar-refractivity contribution in [1.82, 2.24) is 18.5 Å². The quantitative estimate of drug-likeness (QED) is 0.398. The van der Waals surface area contributed by atoms with E-state index in [2.05, 4.69) is 20.1 Å². The largest absolute Gasteiger partial charge is 0.344 e. The van der Waals surface area contributed by atoms with E-state index in [4.69, 9.17) is 0 Å². The molecule has 1 aliphatic heterocycles. The Hall–Kier alpha value is -0.890. The molecule has 0 aromatic heterocycles. The molecule has 0 spiro atoms. The average Bonchev–Trinajstić information content (AvgIpc) is 1.76. The minimum Gasteiger partial charge on any atom is -0.344 e. The van der Waals surface area contributed by atoms with Crippen LogP contribution in [0.1, 0.15) is 0 Å². The zero-order valence-corrected chi connectivity index (χ0v) is 4.37. The van der Waals surface area contributed by atoms with E-state index in [1.54, 1.807) is 0 Å². The Morgan fingerprint density at radius 2 is 1.75 bits per heavy atom. The van der Waals surface area contributed by atoms with E-state index in [0.717, 1.165) is 6.40 Å². The molecule has 0 aliphatic carbocycles. The van der Waals surface area contributed by atoms with Crippen LogP contribution in [0.2, 0.25) is 0 Å². The van der Waals surface area contributed by atoms with Crippen LogP contribution in [-0.4, -0.2) is 6.40 Å². The van der Waals surface area contributed by atoms with Crippen molar-refractivity contribution in [3.63, 3.8) is 0 Å². The molecule has 0 unspecified atom stereocenters. The van der Waals surface area contributed by atoms with Crippen molar-refractivity contribution in [2.45, 2.75) is 0 Å². The summed E-state index contributed by atoms with van der Waals surface area (Å²) in [6, 6.07) is 0. The summed E-state index contributed by atoms with van der Waals surface area (Å²) in [6.45, 7) is 0. The van der Waals surface area contributed by atoms with Gasteiger partial charge < -0.3 is 18.5 Å². The SMILES string of the molecule is C1=NOOO1.N.N.N. The second-order valence-electron chi connectivity index (χ2n) is 0.450. The number of hydrogen-bond donors (Lipinski definition) is 3. The first-order valence-corrected chi connectivity index (χ1v) is 1.01. The summed E-state index contributed by atoms with van der Waals surface area (Å²) in [5.74, 6) is 0. The maximum atomic E-state index is 3.93. The second-order valence-corrected chi connectivity index (χ2v) is 0.450. The van der Waals surface area contributed by atoms with Crippen LogP contribution in [0.25, 0.3) is 0 Å². The van der Waals surface area contributed by atoms with Gasteiger partial charge in [0, 0.05) is 0 Å². The van der Waals surface area contributed by atoms with Crippen molar-refractivity contribution in [2.75, 3.05) is 0 Å². The van der Waals surface area contributed by atoms with Gasteiger partial charge in [-0.15, -0.1) is 0 Å². The van der Waals surface area contributed by atoms with E-state index in [-0.39, 0.29) is 18.5 Å². The summed E-state index contributed by atoms with van der Waals surface area (Å²) in [5.41, 5.74) is 0. The molecule has 0 aromatic carbocycles. The normalized spacial score (nSPS) is 11.0. The van der Waals surface area contributed by atoms with Crippen molar-refractivity contribution < 1.29 is 14.9 Å². The van der Waals surface area contributed by atoms with Gasteiger partial charge in [-0.25, -0.2) is 0 Å². The molecule has 0 radical (unpaired) electrons. The first-order valence-electron chi connectivity index (χ1n) is 1.01. The van der Waals surface area contributed by atoms with Crippen LogP contribution < -0.4 is 18.5 Å². The van der Waals surface area contributed by atoms with Crippen molar-refractivity contribution in [2.24, 2.45) is 5.16 Å². The standard InChI is InChI=1S/CHNO3.3H3N/c1-2-4-5-3-1;;;/h1H;3*1H3. The predicted molar refractivity (Wildman–Crippen MR) is 26.8 cm³/mol. The molecule has 7 nitrogen and oxygen atoms in total. The molecule has 1 rings (SSSR count). The molecular weight excluding hydrogens is 116 g/mol. The van der Waals surface area contributed by atoms with Gasteiger partial charge in [0.05, 0.1) is 5.04 Å². The minimum atomic E-state index is 0. The third-order valence-corrected chi connectivity index (χ3v) is 0.199. The third kappa shape index (κ3) is 5.11. The number of hydrogen-bond acceptors (Lipinski definition) is 7. The highest BCUT2D eigenvalue weighted by Gasteiger charge is 1.87. The number of oxime groups is 1. The summed E-state index contributed by atoms with van der Waals surface area (Å²) < 4.78 is 0. The van der Waals surface area contributed by atoms with Gasteiger partial charge in [-0.3, -0.25) is 4.89 Å². The molecule has 0 saturated heterocycles. The van der Waals surface area contributed by atoms with E-state index < -0.39 is 0 Å². The zero-order valence-electron chi connectivity index (χ0n) is 4.37.